The van der Waals surface area contributed by atoms with Crippen molar-refractivity contribution in [1.82, 2.24) is 4.90 Å². The lowest BCUT2D eigenvalue weighted by Gasteiger charge is -2.24. The number of ether oxygens (including phenoxy) is 2. The molecule has 1 unspecified atom stereocenters. The van der Waals surface area contributed by atoms with Crippen LogP contribution >= 0.6 is 0 Å². The molecule has 0 aliphatic carbocycles. The molecule has 6 heteroatoms. The summed E-state index contributed by atoms with van der Waals surface area (Å²) in [6, 6.07) is 0. The number of β-amino-alcohol motifs (C(OH)–C–C–N with tert-alkyl or cyclic N) is 1. The molecule has 1 amide bonds. The van der Waals surface area contributed by atoms with Gasteiger partial charge < -0.3 is 19.5 Å². The van der Waals surface area contributed by atoms with Crippen LogP contribution in [0.5, 0.6) is 0 Å². The average molecular weight is 247 g/mol. The first kappa shape index (κ1) is 15.7. The number of methoxy groups -OCH3 is 1. The molecule has 1 fully saturated rings. The summed E-state index contributed by atoms with van der Waals surface area (Å²) in [7, 11) is 1.31. The molecule has 17 heavy (non-hydrogen) atoms. The Morgan fingerprint density at radius 1 is 1.47 bits per heavy atom. The summed E-state index contributed by atoms with van der Waals surface area (Å²) in [4.78, 5) is 21.9. The molecule has 0 spiro atoms. The van der Waals surface area contributed by atoms with Gasteiger partial charge in [0.2, 0.25) is 0 Å². The van der Waals surface area contributed by atoms with Gasteiger partial charge in [-0.25, -0.2) is 4.79 Å². The van der Waals surface area contributed by atoms with E-state index in [9.17, 15) is 9.90 Å². The van der Waals surface area contributed by atoms with Crippen LogP contribution in [-0.4, -0.2) is 54.5 Å². The molecule has 1 rings (SSSR count). The van der Waals surface area contributed by atoms with Crippen LogP contribution in [0.4, 0.5) is 4.79 Å². The zero-order valence-corrected chi connectivity index (χ0v) is 10.8. The van der Waals surface area contributed by atoms with Crippen molar-refractivity contribution in [2.24, 2.45) is 0 Å². The van der Waals surface area contributed by atoms with Crippen LogP contribution in [0.2, 0.25) is 0 Å². The Morgan fingerprint density at radius 2 is 2.00 bits per heavy atom. The zero-order valence-electron chi connectivity index (χ0n) is 10.8. The highest BCUT2D eigenvalue weighted by Crippen LogP contribution is 2.14. The van der Waals surface area contributed by atoms with Gasteiger partial charge in [0.05, 0.1) is 13.2 Å². The number of rotatable bonds is 1. The molecule has 1 heterocycles. The molecular formula is C11H21NO5. The van der Waals surface area contributed by atoms with Crippen molar-refractivity contribution in [2.75, 3.05) is 20.2 Å². The van der Waals surface area contributed by atoms with Crippen LogP contribution in [-0.2, 0) is 14.3 Å². The molecule has 100 valence electrons. The van der Waals surface area contributed by atoms with Crippen LogP contribution in [0.1, 0.15) is 27.2 Å². The maximum atomic E-state index is 11.4. The quantitative estimate of drug-likeness (QED) is 0.693. The number of likely N-dealkylation sites (tertiary alicyclic amines) is 1. The van der Waals surface area contributed by atoms with E-state index in [1.807, 2.05) is 20.8 Å². The maximum Gasteiger partial charge on any atom is 0.410 e. The highest BCUT2D eigenvalue weighted by atomic mass is 16.6. The van der Waals surface area contributed by atoms with Crippen LogP contribution in [0.25, 0.3) is 0 Å². The fourth-order valence-electron chi connectivity index (χ4n) is 1.23. The number of carbonyl (C=O) groups is 2. The highest BCUT2D eigenvalue weighted by molar-refractivity contribution is 5.68. The summed E-state index contributed by atoms with van der Waals surface area (Å²) < 4.78 is 9.01. The van der Waals surface area contributed by atoms with Gasteiger partial charge in [0.1, 0.15) is 5.60 Å². The molecule has 1 N–H and O–H groups in total. The van der Waals surface area contributed by atoms with Crippen molar-refractivity contribution in [3.63, 3.8) is 0 Å². The molecule has 1 aliphatic heterocycles. The monoisotopic (exact) mass is 247 g/mol. The lowest BCUT2D eigenvalue weighted by atomic mass is 10.2. The van der Waals surface area contributed by atoms with Crippen molar-refractivity contribution < 1.29 is 24.2 Å². The Morgan fingerprint density at radius 3 is 2.29 bits per heavy atom. The molecule has 6 nitrogen and oxygen atoms in total. The fourth-order valence-corrected chi connectivity index (χ4v) is 1.23. The minimum Gasteiger partial charge on any atom is -0.471 e. The van der Waals surface area contributed by atoms with Gasteiger partial charge in [-0.15, -0.1) is 0 Å². The van der Waals surface area contributed by atoms with Gasteiger partial charge in [-0.3, -0.25) is 4.79 Å². The minimum atomic E-state index is -0.454. The number of hydrogen-bond acceptors (Lipinski definition) is 5. The second kappa shape index (κ2) is 7.11. The van der Waals surface area contributed by atoms with Gasteiger partial charge in [-0.2, -0.15) is 0 Å². The number of aliphatic hydroxyl groups excluding tert-OH is 1. The highest BCUT2D eigenvalue weighted by Gasteiger charge is 2.28. The number of nitrogens with zero attached hydrogens (tertiary/aromatic N) is 1. The van der Waals surface area contributed by atoms with Gasteiger partial charge in [0.25, 0.3) is 6.47 Å². The Bertz CT molecular complexity index is 249. The molecule has 1 atom stereocenters. The molecule has 0 aromatic carbocycles. The largest absolute Gasteiger partial charge is 0.471 e. The van der Waals surface area contributed by atoms with Gasteiger partial charge in [-0.1, -0.05) is 0 Å². The van der Waals surface area contributed by atoms with Gasteiger partial charge >= 0.3 is 6.09 Å². The Balaban J connectivity index is 0.000000557. The van der Waals surface area contributed by atoms with E-state index in [2.05, 4.69) is 4.74 Å². The van der Waals surface area contributed by atoms with Gasteiger partial charge in [0, 0.05) is 13.1 Å². The lowest BCUT2D eigenvalue weighted by molar-refractivity contribution is -0.126. The third-order valence-corrected chi connectivity index (χ3v) is 1.91. The summed E-state index contributed by atoms with van der Waals surface area (Å²) >= 11 is 0. The van der Waals surface area contributed by atoms with Crippen molar-refractivity contribution in [3.8, 4) is 0 Å². The standard InChI is InChI=1S/C9H17NO3.C2H4O2/c1-9(2,3)13-8(12)10-5-4-7(11)6-10;1-4-2-3/h7,11H,4-6H2,1-3H3;2H,1H3. The summed E-state index contributed by atoms with van der Waals surface area (Å²) in [5.41, 5.74) is -0.454. The maximum absolute atomic E-state index is 11.4. The summed E-state index contributed by atoms with van der Waals surface area (Å²) in [5.74, 6) is 0. The van der Waals surface area contributed by atoms with E-state index in [1.54, 1.807) is 0 Å². The van der Waals surface area contributed by atoms with E-state index >= 15 is 0 Å². The van der Waals surface area contributed by atoms with E-state index in [1.165, 1.54) is 12.0 Å². The Labute approximate surface area is 101 Å². The summed E-state index contributed by atoms with van der Waals surface area (Å²) in [6.07, 6.45) is -0.0595. The molecule has 0 bridgehead atoms. The van der Waals surface area contributed by atoms with Crippen molar-refractivity contribution in [2.45, 2.75) is 38.9 Å². The number of aliphatic hydroxyl groups is 1. The van der Waals surface area contributed by atoms with Crippen LogP contribution in [0.3, 0.4) is 0 Å². The van der Waals surface area contributed by atoms with Crippen LogP contribution in [0, 0.1) is 0 Å². The Hall–Kier alpha value is -1.30. The smallest absolute Gasteiger partial charge is 0.410 e. The minimum absolute atomic E-state index is 0.330. The lowest BCUT2D eigenvalue weighted by Crippen LogP contribution is -2.35. The average Bonchev–Trinajstić information content (AvgIpc) is 2.63. The molecule has 0 aromatic rings. The summed E-state index contributed by atoms with van der Waals surface area (Å²) in [6.45, 7) is 6.86. The summed E-state index contributed by atoms with van der Waals surface area (Å²) in [5, 5.41) is 9.20. The molecule has 1 saturated heterocycles. The molecule has 1 aliphatic rings. The van der Waals surface area contributed by atoms with Gasteiger partial charge in [-0.05, 0) is 27.2 Å². The van der Waals surface area contributed by atoms with E-state index < -0.39 is 5.60 Å². The predicted molar refractivity (Wildman–Crippen MR) is 61.5 cm³/mol. The Kier molecular flexibility index (Phi) is 6.57. The predicted octanol–water partition coefficient (Wildman–Crippen LogP) is 0.777. The number of amides is 1. The van der Waals surface area contributed by atoms with E-state index in [-0.39, 0.29) is 12.2 Å². The molecule has 0 radical (unpaired) electrons. The van der Waals surface area contributed by atoms with Crippen LogP contribution < -0.4 is 0 Å². The van der Waals surface area contributed by atoms with Crippen LogP contribution in [0.15, 0.2) is 0 Å². The third-order valence-electron chi connectivity index (χ3n) is 1.91. The SMILES string of the molecule is CC(C)(C)OC(=O)N1CCC(O)C1.COC=O. The second-order valence-electron chi connectivity index (χ2n) is 4.70. The van der Waals surface area contributed by atoms with Crippen molar-refractivity contribution in [1.29, 1.82) is 0 Å². The van der Waals surface area contributed by atoms with E-state index in [0.717, 1.165) is 0 Å². The van der Waals surface area contributed by atoms with E-state index in [4.69, 9.17) is 9.53 Å². The fraction of sp³-hybridized carbons (Fsp3) is 0.818. The van der Waals surface area contributed by atoms with Crippen molar-refractivity contribution in [3.05, 3.63) is 0 Å². The molecule has 0 saturated carbocycles. The number of carbonyl (C=O) groups excluding carboxylic acids is 2. The van der Waals surface area contributed by atoms with Gasteiger partial charge in [0.15, 0.2) is 0 Å². The first-order valence-corrected chi connectivity index (χ1v) is 5.42. The van der Waals surface area contributed by atoms with E-state index in [0.29, 0.717) is 26.0 Å². The molecular weight excluding hydrogens is 226 g/mol. The van der Waals surface area contributed by atoms with Crippen molar-refractivity contribution >= 4 is 12.6 Å². The third kappa shape index (κ3) is 7.57. The second-order valence-corrected chi connectivity index (χ2v) is 4.70. The topological polar surface area (TPSA) is 76.1 Å². The zero-order chi connectivity index (χ0) is 13.5. The number of hydrogen-bond donors (Lipinski definition) is 1. The first-order valence-electron chi connectivity index (χ1n) is 5.42. The molecule has 0 aromatic heterocycles. The normalized spacial score (nSPS) is 19.1. The first-order chi connectivity index (χ1) is 7.80.